The topological polar surface area (TPSA) is 96.0 Å². The Morgan fingerprint density at radius 1 is 1.67 bits per heavy atom. The summed E-state index contributed by atoms with van der Waals surface area (Å²) in [4.78, 5) is 0.371. The minimum absolute atomic E-state index is 0.138. The second-order valence-electron chi connectivity index (χ2n) is 2.99. The van der Waals surface area contributed by atoms with Gasteiger partial charge in [-0.05, 0) is 19.1 Å². The standard InChI is InChI=1S/C8H11N3O2S2/c1-6(4-9)11-15(12,13)8-3-2-7(5-10)14-8/h2-3,6,11H,4,9H2,1H3. The molecule has 0 saturated carbocycles. The lowest BCUT2D eigenvalue weighted by molar-refractivity contribution is 0.564. The van der Waals surface area contributed by atoms with Crippen LogP contribution in [-0.2, 0) is 10.0 Å². The fraction of sp³-hybridized carbons (Fsp3) is 0.375. The molecule has 0 spiro atoms. The molecule has 1 unspecified atom stereocenters. The zero-order chi connectivity index (χ0) is 11.5. The van der Waals surface area contributed by atoms with Crippen molar-refractivity contribution in [3.63, 3.8) is 0 Å². The predicted octanol–water partition coefficient (Wildman–Crippen LogP) is 0.245. The summed E-state index contributed by atoms with van der Waals surface area (Å²) in [6.07, 6.45) is 0. The first-order valence-electron chi connectivity index (χ1n) is 4.22. The molecule has 1 rings (SSSR count). The van der Waals surface area contributed by atoms with E-state index in [4.69, 9.17) is 11.0 Å². The predicted molar refractivity (Wildman–Crippen MR) is 57.9 cm³/mol. The number of thiophene rings is 1. The summed E-state index contributed by atoms with van der Waals surface area (Å²) in [5.74, 6) is 0. The monoisotopic (exact) mass is 245 g/mol. The molecule has 0 amide bonds. The molecule has 1 aromatic heterocycles. The van der Waals surface area contributed by atoms with Crippen LogP contribution in [0.25, 0.3) is 0 Å². The quantitative estimate of drug-likeness (QED) is 0.794. The lowest BCUT2D eigenvalue weighted by Gasteiger charge is -2.09. The van der Waals surface area contributed by atoms with Crippen LogP contribution in [0.1, 0.15) is 11.8 Å². The van der Waals surface area contributed by atoms with Gasteiger partial charge in [0.15, 0.2) is 0 Å². The highest BCUT2D eigenvalue weighted by Gasteiger charge is 2.18. The zero-order valence-electron chi connectivity index (χ0n) is 8.10. The van der Waals surface area contributed by atoms with Gasteiger partial charge in [0.1, 0.15) is 15.2 Å². The summed E-state index contributed by atoms with van der Waals surface area (Å²) < 4.78 is 25.9. The van der Waals surface area contributed by atoms with E-state index in [2.05, 4.69) is 4.72 Å². The second-order valence-corrected chi connectivity index (χ2v) is 6.01. The molecule has 7 heteroatoms. The summed E-state index contributed by atoms with van der Waals surface area (Å²) in [5.41, 5.74) is 5.31. The minimum Gasteiger partial charge on any atom is -0.329 e. The van der Waals surface area contributed by atoms with E-state index in [0.29, 0.717) is 4.88 Å². The molecule has 0 aliphatic heterocycles. The van der Waals surface area contributed by atoms with Crippen molar-refractivity contribution >= 4 is 21.4 Å². The van der Waals surface area contributed by atoms with Crippen LogP contribution < -0.4 is 10.5 Å². The van der Waals surface area contributed by atoms with Gasteiger partial charge in [-0.1, -0.05) is 0 Å². The van der Waals surface area contributed by atoms with E-state index in [1.807, 2.05) is 6.07 Å². The Morgan fingerprint density at radius 3 is 2.80 bits per heavy atom. The minimum atomic E-state index is -3.52. The molecule has 1 heterocycles. The third-order valence-electron chi connectivity index (χ3n) is 1.67. The number of rotatable bonds is 4. The van der Waals surface area contributed by atoms with Gasteiger partial charge in [0.2, 0.25) is 10.0 Å². The van der Waals surface area contributed by atoms with Gasteiger partial charge in [0, 0.05) is 12.6 Å². The average Bonchev–Trinajstić information content (AvgIpc) is 2.65. The molecular formula is C8H11N3O2S2. The van der Waals surface area contributed by atoms with Crippen LogP contribution in [0.5, 0.6) is 0 Å². The Balaban J connectivity index is 2.92. The lowest BCUT2D eigenvalue weighted by Crippen LogP contribution is -2.37. The van der Waals surface area contributed by atoms with Crippen LogP contribution >= 0.6 is 11.3 Å². The van der Waals surface area contributed by atoms with Crippen molar-refractivity contribution in [1.29, 1.82) is 5.26 Å². The van der Waals surface area contributed by atoms with Gasteiger partial charge in [-0.15, -0.1) is 11.3 Å². The van der Waals surface area contributed by atoms with Crippen molar-refractivity contribution in [2.24, 2.45) is 5.73 Å². The van der Waals surface area contributed by atoms with E-state index in [0.717, 1.165) is 11.3 Å². The van der Waals surface area contributed by atoms with Crippen LogP contribution in [0.4, 0.5) is 0 Å². The molecule has 1 aromatic rings. The van der Waals surface area contributed by atoms with Gasteiger partial charge < -0.3 is 5.73 Å². The lowest BCUT2D eigenvalue weighted by atomic mass is 10.4. The number of nitriles is 1. The van der Waals surface area contributed by atoms with Crippen molar-refractivity contribution in [2.75, 3.05) is 6.54 Å². The summed E-state index contributed by atoms with van der Waals surface area (Å²) in [5, 5.41) is 8.57. The molecule has 0 aliphatic carbocycles. The fourth-order valence-electron chi connectivity index (χ4n) is 0.896. The van der Waals surface area contributed by atoms with Crippen LogP contribution in [0, 0.1) is 11.3 Å². The molecule has 5 nitrogen and oxygen atoms in total. The van der Waals surface area contributed by atoms with Gasteiger partial charge >= 0.3 is 0 Å². The molecule has 0 bridgehead atoms. The van der Waals surface area contributed by atoms with E-state index < -0.39 is 10.0 Å². The van der Waals surface area contributed by atoms with Gasteiger partial charge in [0.05, 0.1) is 0 Å². The molecule has 0 fully saturated rings. The third-order valence-corrected chi connectivity index (χ3v) is 4.74. The molecule has 15 heavy (non-hydrogen) atoms. The molecule has 0 radical (unpaired) electrons. The maximum Gasteiger partial charge on any atom is 0.250 e. The van der Waals surface area contributed by atoms with Crippen LogP contribution in [0.15, 0.2) is 16.3 Å². The van der Waals surface area contributed by atoms with Gasteiger partial charge in [-0.25, -0.2) is 13.1 Å². The first-order valence-corrected chi connectivity index (χ1v) is 6.52. The zero-order valence-corrected chi connectivity index (χ0v) is 9.73. The van der Waals surface area contributed by atoms with Crippen molar-refractivity contribution < 1.29 is 8.42 Å². The average molecular weight is 245 g/mol. The number of hydrogen-bond donors (Lipinski definition) is 2. The molecule has 0 saturated heterocycles. The van der Waals surface area contributed by atoms with Gasteiger partial charge in [-0.3, -0.25) is 0 Å². The third kappa shape index (κ3) is 3.00. The molecule has 0 aromatic carbocycles. The Hall–Kier alpha value is -0.940. The number of nitrogens with one attached hydrogen (secondary N) is 1. The summed E-state index contributed by atoms with van der Waals surface area (Å²) in [6, 6.07) is 4.46. The van der Waals surface area contributed by atoms with E-state index in [1.165, 1.54) is 12.1 Å². The normalized spacial score (nSPS) is 13.4. The van der Waals surface area contributed by atoms with Crippen LogP contribution in [-0.4, -0.2) is 21.0 Å². The fourth-order valence-corrected chi connectivity index (χ4v) is 3.27. The number of nitrogens with two attached hydrogens (primary N) is 1. The van der Waals surface area contributed by atoms with Crippen molar-refractivity contribution in [3.8, 4) is 6.07 Å². The summed E-state index contributed by atoms with van der Waals surface area (Å²) in [7, 11) is -3.52. The summed E-state index contributed by atoms with van der Waals surface area (Å²) in [6.45, 7) is 1.91. The number of sulfonamides is 1. The van der Waals surface area contributed by atoms with Gasteiger partial charge in [0.25, 0.3) is 0 Å². The van der Waals surface area contributed by atoms with Crippen LogP contribution in [0.2, 0.25) is 0 Å². The maximum atomic E-state index is 11.7. The van der Waals surface area contributed by atoms with E-state index >= 15 is 0 Å². The first-order chi connectivity index (χ1) is 6.99. The smallest absolute Gasteiger partial charge is 0.250 e. The Labute approximate surface area is 92.6 Å². The Bertz CT molecular complexity index is 472. The molecular weight excluding hydrogens is 234 g/mol. The second kappa shape index (κ2) is 4.72. The maximum absolute atomic E-state index is 11.7. The highest BCUT2D eigenvalue weighted by molar-refractivity contribution is 7.91. The first kappa shape index (κ1) is 12.1. The van der Waals surface area contributed by atoms with E-state index in [1.54, 1.807) is 6.92 Å². The summed E-state index contributed by atoms with van der Waals surface area (Å²) >= 11 is 0.940. The Kier molecular flexibility index (Phi) is 3.82. The Morgan fingerprint density at radius 2 is 2.33 bits per heavy atom. The molecule has 3 N–H and O–H groups in total. The number of hydrogen-bond acceptors (Lipinski definition) is 5. The van der Waals surface area contributed by atoms with E-state index in [9.17, 15) is 8.42 Å². The van der Waals surface area contributed by atoms with Crippen LogP contribution in [0.3, 0.4) is 0 Å². The van der Waals surface area contributed by atoms with Crippen molar-refractivity contribution in [1.82, 2.24) is 4.72 Å². The highest BCUT2D eigenvalue weighted by Crippen LogP contribution is 2.20. The van der Waals surface area contributed by atoms with Gasteiger partial charge in [-0.2, -0.15) is 5.26 Å². The highest BCUT2D eigenvalue weighted by atomic mass is 32.2. The SMILES string of the molecule is CC(CN)NS(=O)(=O)c1ccc(C#N)s1. The largest absolute Gasteiger partial charge is 0.329 e. The van der Waals surface area contributed by atoms with E-state index in [-0.39, 0.29) is 16.8 Å². The van der Waals surface area contributed by atoms with Crippen molar-refractivity contribution in [3.05, 3.63) is 17.0 Å². The van der Waals surface area contributed by atoms with Crippen molar-refractivity contribution in [2.45, 2.75) is 17.2 Å². The number of nitrogens with zero attached hydrogens (tertiary/aromatic N) is 1. The molecule has 1 atom stereocenters. The molecule has 82 valence electrons. The molecule has 0 aliphatic rings.